The van der Waals surface area contributed by atoms with Gasteiger partial charge in [0.2, 0.25) is 0 Å². The van der Waals surface area contributed by atoms with Gasteiger partial charge in [0.1, 0.15) is 0 Å². The van der Waals surface area contributed by atoms with Crippen molar-refractivity contribution >= 4 is 0 Å². The van der Waals surface area contributed by atoms with Crippen molar-refractivity contribution < 1.29 is 0 Å². The van der Waals surface area contributed by atoms with E-state index >= 15 is 0 Å². The average Bonchev–Trinajstić information content (AvgIpc) is 3.24. The van der Waals surface area contributed by atoms with Crippen LogP contribution >= 0.6 is 0 Å². The van der Waals surface area contributed by atoms with Gasteiger partial charge in [0, 0.05) is 66.5 Å². The van der Waals surface area contributed by atoms with Crippen molar-refractivity contribution in [2.24, 2.45) is 115 Å². The lowest BCUT2D eigenvalue weighted by atomic mass is 9.63. The van der Waals surface area contributed by atoms with Gasteiger partial charge in [0.05, 0.1) is 0 Å². The summed E-state index contributed by atoms with van der Waals surface area (Å²) in [6.45, 7) is 13.7. The van der Waals surface area contributed by atoms with Crippen LogP contribution in [0.2, 0.25) is 0 Å². The van der Waals surface area contributed by atoms with E-state index in [0.29, 0.717) is 71.6 Å². The third-order valence-corrected chi connectivity index (χ3v) is 15.7. The molecule has 7 aliphatic rings. The molecule has 13 atom stereocenters. The Bertz CT molecular complexity index is 1080. The van der Waals surface area contributed by atoms with Gasteiger partial charge in [-0.2, -0.15) is 0 Å². The molecule has 384 valence electrons. The highest BCUT2D eigenvalue weighted by molar-refractivity contribution is 4.93. The SMILES string of the molecule is CC1(C)CC(N)CC(C)(CN)C1.CC1C(N)CCCC1N.CC1CCC(N)CC1N.NC1CCC(N)CC1.NC1CCCC(N)C1.NC1CCCCC1N.NCC1CCCC(CN)C1. The molecule has 64 heavy (non-hydrogen) atoms. The largest absolute Gasteiger partial charge is 0.330 e. The van der Waals surface area contributed by atoms with Crippen LogP contribution in [0.25, 0.3) is 0 Å². The van der Waals surface area contributed by atoms with Crippen molar-refractivity contribution in [3.8, 4) is 0 Å². The van der Waals surface area contributed by atoms with Crippen molar-refractivity contribution in [2.45, 2.75) is 262 Å². The summed E-state index contributed by atoms with van der Waals surface area (Å²) in [7, 11) is 0. The summed E-state index contributed by atoms with van der Waals surface area (Å²) >= 11 is 0. The quantitative estimate of drug-likeness (QED) is 0.192. The second-order valence-corrected chi connectivity index (χ2v) is 23.2. The summed E-state index contributed by atoms with van der Waals surface area (Å²) in [6.07, 6.45) is 29.5. The molecule has 28 N–H and O–H groups in total. The molecule has 7 aliphatic carbocycles. The summed E-state index contributed by atoms with van der Waals surface area (Å²) in [4.78, 5) is 0. The molecule has 0 radical (unpaired) electrons. The van der Waals surface area contributed by atoms with E-state index < -0.39 is 0 Å². The van der Waals surface area contributed by atoms with E-state index in [1.807, 2.05) is 0 Å². The first kappa shape index (κ1) is 61.5. The topological polar surface area (TPSA) is 364 Å². The van der Waals surface area contributed by atoms with E-state index in [4.69, 9.17) is 80.3 Å². The van der Waals surface area contributed by atoms with Crippen molar-refractivity contribution in [3.63, 3.8) is 0 Å². The van der Waals surface area contributed by atoms with Crippen LogP contribution in [-0.4, -0.2) is 86.1 Å². The molecule has 0 aliphatic heterocycles. The maximum atomic E-state index is 6.01. The Hall–Kier alpha value is -0.560. The molecule has 0 saturated heterocycles. The standard InChI is InChI=1S/C10H22N2.C8H18N2.2C7H16N2.3C6H14N2/c1-9(2)4-8(12)5-10(3,6-9)7-11;9-5-7-2-1-3-8(4-7)6-10;1-5-2-3-6(8)4-7(5)9;1-5-6(8)3-2-4-7(5)9;7-5-1-2-6(8)4-3-5;7-5-2-1-3-6(8)4-5;7-5-3-1-2-4-6(5)8/h8H,4-7,11-12H2,1-3H3;7-8H,1-6,9-10H2;2*5-7H,2-4,8-9H2,1H3;3*5-6H,1-4,7-8H2. The highest BCUT2D eigenvalue weighted by atomic mass is 14.8. The molecular weight excluding hydrogens is 797 g/mol. The van der Waals surface area contributed by atoms with Gasteiger partial charge in [-0.25, -0.2) is 0 Å². The van der Waals surface area contributed by atoms with Crippen LogP contribution < -0.4 is 80.3 Å². The Morgan fingerprint density at radius 1 is 0.375 bits per heavy atom. The second kappa shape index (κ2) is 33.1. The summed E-state index contributed by atoms with van der Waals surface area (Å²) in [5.74, 6) is 2.74. The highest BCUT2D eigenvalue weighted by Gasteiger charge is 2.39. The maximum Gasteiger partial charge on any atom is 0.0192 e. The summed E-state index contributed by atoms with van der Waals surface area (Å²) in [6, 6.07) is 4.00. The van der Waals surface area contributed by atoms with Crippen LogP contribution in [0.4, 0.5) is 0 Å². The Morgan fingerprint density at radius 2 is 0.781 bits per heavy atom. The molecule has 0 amide bonds. The van der Waals surface area contributed by atoms with Crippen LogP contribution in [0.1, 0.15) is 195 Å². The number of rotatable bonds is 3. The Labute approximate surface area is 394 Å². The minimum Gasteiger partial charge on any atom is -0.330 e. The van der Waals surface area contributed by atoms with Gasteiger partial charge in [-0.1, -0.05) is 66.7 Å². The van der Waals surface area contributed by atoms with E-state index in [1.165, 1.54) is 77.0 Å². The molecule has 0 aromatic heterocycles. The van der Waals surface area contributed by atoms with Crippen molar-refractivity contribution in [3.05, 3.63) is 0 Å². The molecule has 7 saturated carbocycles. The monoisotopic (exact) mass is 911 g/mol. The van der Waals surface area contributed by atoms with Crippen molar-refractivity contribution in [1.82, 2.24) is 0 Å². The van der Waals surface area contributed by atoms with E-state index in [0.717, 1.165) is 115 Å². The lowest BCUT2D eigenvalue weighted by Gasteiger charge is -2.45. The Balaban J connectivity index is 0.000000375. The minimum atomic E-state index is 0.279. The van der Waals surface area contributed by atoms with Crippen molar-refractivity contribution in [2.75, 3.05) is 19.6 Å². The summed E-state index contributed by atoms with van der Waals surface area (Å²) in [5.41, 5.74) is 80.5. The van der Waals surface area contributed by atoms with Gasteiger partial charge in [-0.3, -0.25) is 0 Å². The highest BCUT2D eigenvalue weighted by Crippen LogP contribution is 2.44. The Morgan fingerprint density at radius 3 is 1.12 bits per heavy atom. The number of hydrogen-bond acceptors (Lipinski definition) is 14. The predicted octanol–water partition coefficient (Wildman–Crippen LogP) is 3.77. The van der Waals surface area contributed by atoms with Gasteiger partial charge in [-0.05, 0) is 183 Å². The molecule has 0 aromatic carbocycles. The molecule has 14 heteroatoms. The molecule has 13 unspecified atom stereocenters. The molecule has 7 fully saturated rings. The fraction of sp³-hybridized carbons (Fsp3) is 1.00. The van der Waals surface area contributed by atoms with E-state index in [-0.39, 0.29) is 17.5 Å². The smallest absolute Gasteiger partial charge is 0.0192 e. The molecule has 14 nitrogen and oxygen atoms in total. The van der Waals surface area contributed by atoms with Crippen LogP contribution in [0, 0.1) is 34.5 Å². The molecule has 0 aromatic rings. The predicted molar refractivity (Wildman–Crippen MR) is 278 cm³/mol. The van der Waals surface area contributed by atoms with Crippen LogP contribution in [-0.2, 0) is 0 Å². The van der Waals surface area contributed by atoms with Gasteiger partial charge >= 0.3 is 0 Å². The third-order valence-electron chi connectivity index (χ3n) is 15.7. The molecule has 0 heterocycles. The van der Waals surface area contributed by atoms with Crippen LogP contribution in [0.15, 0.2) is 0 Å². The first-order chi connectivity index (χ1) is 30.0. The zero-order chi connectivity index (χ0) is 48.5. The first-order valence-electron chi connectivity index (χ1n) is 26.4. The van der Waals surface area contributed by atoms with Gasteiger partial charge < -0.3 is 80.3 Å². The fourth-order valence-electron chi connectivity index (χ4n) is 11.1. The lowest BCUT2D eigenvalue weighted by molar-refractivity contribution is 0.0904. The number of hydrogen-bond donors (Lipinski definition) is 14. The average molecular weight is 912 g/mol. The molecule has 0 spiro atoms. The fourth-order valence-corrected chi connectivity index (χ4v) is 11.1. The van der Waals surface area contributed by atoms with Gasteiger partial charge in [-0.15, -0.1) is 0 Å². The van der Waals surface area contributed by atoms with Gasteiger partial charge in [0.25, 0.3) is 0 Å². The van der Waals surface area contributed by atoms with Crippen LogP contribution in [0.3, 0.4) is 0 Å². The zero-order valence-electron chi connectivity index (χ0n) is 42.5. The molecular formula is C50H114N14. The Kier molecular flexibility index (Phi) is 31.7. The zero-order valence-corrected chi connectivity index (χ0v) is 42.5. The second-order valence-electron chi connectivity index (χ2n) is 23.2. The van der Waals surface area contributed by atoms with Crippen molar-refractivity contribution in [1.29, 1.82) is 0 Å². The summed E-state index contributed by atoms with van der Waals surface area (Å²) < 4.78 is 0. The molecule has 0 bridgehead atoms. The molecule has 7 rings (SSSR count). The van der Waals surface area contributed by atoms with E-state index in [1.54, 1.807) is 0 Å². The summed E-state index contributed by atoms with van der Waals surface area (Å²) in [5, 5.41) is 0. The first-order valence-corrected chi connectivity index (χ1v) is 26.4. The number of nitrogens with two attached hydrogens (primary N) is 14. The van der Waals surface area contributed by atoms with E-state index in [9.17, 15) is 0 Å². The normalized spacial score (nSPS) is 40.6. The lowest BCUT2D eigenvalue weighted by Crippen LogP contribution is -2.45. The van der Waals surface area contributed by atoms with Gasteiger partial charge in [0.15, 0.2) is 0 Å². The third kappa shape index (κ3) is 27.4. The maximum absolute atomic E-state index is 6.01. The minimum absolute atomic E-state index is 0.279. The van der Waals surface area contributed by atoms with Crippen LogP contribution in [0.5, 0.6) is 0 Å². The van der Waals surface area contributed by atoms with E-state index in [2.05, 4.69) is 34.6 Å².